The lowest BCUT2D eigenvalue weighted by atomic mass is 10.1. The lowest BCUT2D eigenvalue weighted by Gasteiger charge is -2.08. The van der Waals surface area contributed by atoms with Crippen LogP contribution in [-0.4, -0.2) is 38.8 Å². The van der Waals surface area contributed by atoms with Crippen LogP contribution in [0.5, 0.6) is 0 Å². The fourth-order valence-corrected chi connectivity index (χ4v) is 5.75. The number of nitrogens with one attached hydrogen (secondary N) is 1. The number of pyridine rings is 1. The summed E-state index contributed by atoms with van der Waals surface area (Å²) in [5.41, 5.74) is 2.40. The van der Waals surface area contributed by atoms with E-state index in [1.54, 1.807) is 6.92 Å². The molecule has 1 aliphatic rings. The average Bonchev–Trinajstić information content (AvgIpc) is 3.21. The van der Waals surface area contributed by atoms with Gasteiger partial charge >= 0.3 is 5.97 Å². The highest BCUT2D eigenvalue weighted by Gasteiger charge is 2.26. The summed E-state index contributed by atoms with van der Waals surface area (Å²) in [6.45, 7) is 2.12. The Morgan fingerprint density at radius 1 is 1.23 bits per heavy atom. The van der Waals surface area contributed by atoms with Crippen LogP contribution in [0.3, 0.4) is 0 Å². The molecule has 1 amide bonds. The van der Waals surface area contributed by atoms with Gasteiger partial charge in [0, 0.05) is 23.2 Å². The Labute approximate surface area is 183 Å². The number of carbonyl (C=O) groups is 2. The predicted octanol–water partition coefficient (Wildman–Crippen LogP) is 4.36. The van der Waals surface area contributed by atoms with E-state index in [0.29, 0.717) is 29.3 Å². The van der Waals surface area contributed by atoms with Gasteiger partial charge in [-0.2, -0.15) is 0 Å². The van der Waals surface area contributed by atoms with E-state index in [1.165, 1.54) is 34.4 Å². The van der Waals surface area contributed by atoms with Crippen LogP contribution in [0.4, 0.5) is 5.00 Å². The molecule has 1 aliphatic carbocycles. The average molecular weight is 445 g/mol. The molecule has 0 unspecified atom stereocenters. The minimum atomic E-state index is -0.337. The minimum Gasteiger partial charge on any atom is -0.462 e. The Hall–Kier alpha value is -2.39. The molecule has 9 heteroatoms. The summed E-state index contributed by atoms with van der Waals surface area (Å²) in [5, 5.41) is 12.6. The van der Waals surface area contributed by atoms with Gasteiger partial charge in [0.15, 0.2) is 10.8 Å². The topological polar surface area (TPSA) is 85.6 Å². The maximum atomic E-state index is 12.6. The first-order chi connectivity index (χ1) is 14.7. The van der Waals surface area contributed by atoms with Crippen LogP contribution in [0.2, 0.25) is 0 Å². The van der Waals surface area contributed by atoms with Gasteiger partial charge in [-0.05, 0) is 50.3 Å². The van der Waals surface area contributed by atoms with Crippen molar-refractivity contribution in [2.75, 3.05) is 17.7 Å². The monoisotopic (exact) mass is 444 g/mol. The Kier molecular flexibility index (Phi) is 6.69. The van der Waals surface area contributed by atoms with Gasteiger partial charge in [0.2, 0.25) is 5.91 Å². The molecule has 0 fully saturated rings. The summed E-state index contributed by atoms with van der Waals surface area (Å²) < 4.78 is 7.18. The van der Waals surface area contributed by atoms with Crippen LogP contribution >= 0.6 is 23.1 Å². The van der Waals surface area contributed by atoms with E-state index in [4.69, 9.17) is 4.74 Å². The minimum absolute atomic E-state index is 0.113. The molecule has 0 aromatic carbocycles. The lowest BCUT2D eigenvalue weighted by Crippen LogP contribution is -2.15. The Balaban J connectivity index is 1.43. The number of nitrogens with zero attached hydrogens (tertiary/aromatic N) is 3. The van der Waals surface area contributed by atoms with Crippen LogP contribution in [-0.2, 0) is 22.4 Å². The molecule has 0 saturated carbocycles. The molecular weight excluding hydrogens is 420 g/mol. The van der Waals surface area contributed by atoms with Crippen molar-refractivity contribution in [1.82, 2.24) is 14.6 Å². The number of thiophene rings is 1. The number of thioether (sulfide) groups is 1. The first-order valence-corrected chi connectivity index (χ1v) is 12.0. The number of hydrogen-bond acceptors (Lipinski definition) is 7. The van der Waals surface area contributed by atoms with Gasteiger partial charge in [0.1, 0.15) is 5.00 Å². The van der Waals surface area contributed by atoms with Crippen LogP contribution < -0.4 is 5.32 Å². The van der Waals surface area contributed by atoms with Crippen molar-refractivity contribution >= 4 is 45.6 Å². The van der Waals surface area contributed by atoms with Crippen LogP contribution in [0.1, 0.15) is 53.4 Å². The number of amides is 1. The smallest absolute Gasteiger partial charge is 0.341 e. The number of anilines is 1. The maximum absolute atomic E-state index is 12.6. The largest absolute Gasteiger partial charge is 0.462 e. The summed E-state index contributed by atoms with van der Waals surface area (Å²) in [6.07, 6.45) is 7.39. The number of esters is 1. The third-order valence-corrected chi connectivity index (χ3v) is 7.15. The summed E-state index contributed by atoms with van der Waals surface area (Å²) in [5.74, 6) is 0.122. The zero-order valence-corrected chi connectivity index (χ0v) is 18.5. The molecule has 0 atom stereocenters. The van der Waals surface area contributed by atoms with Gasteiger partial charge in [0.25, 0.3) is 0 Å². The highest BCUT2D eigenvalue weighted by atomic mass is 32.2. The van der Waals surface area contributed by atoms with Gasteiger partial charge in [-0.15, -0.1) is 21.5 Å². The van der Waals surface area contributed by atoms with Gasteiger partial charge in [0.05, 0.1) is 12.2 Å². The number of rotatable bonds is 7. The fraction of sp³-hybridized carbons (Fsp3) is 0.429. The van der Waals surface area contributed by atoms with E-state index >= 15 is 0 Å². The lowest BCUT2D eigenvalue weighted by molar-refractivity contribution is -0.115. The number of hydrogen-bond donors (Lipinski definition) is 1. The molecule has 0 spiro atoms. The van der Waals surface area contributed by atoms with E-state index in [2.05, 4.69) is 15.5 Å². The second-order valence-corrected chi connectivity index (χ2v) is 9.21. The first-order valence-electron chi connectivity index (χ1n) is 10.2. The van der Waals surface area contributed by atoms with Crippen LogP contribution in [0.15, 0.2) is 29.6 Å². The molecule has 3 aromatic heterocycles. The Morgan fingerprint density at radius 2 is 2.10 bits per heavy atom. The molecule has 1 N–H and O–H groups in total. The van der Waals surface area contributed by atoms with Crippen LogP contribution in [0, 0.1) is 0 Å². The third kappa shape index (κ3) is 4.52. The number of fused-ring (bicyclic) bond motifs is 2. The normalized spacial score (nSPS) is 13.6. The van der Waals surface area contributed by atoms with Crippen molar-refractivity contribution in [3.8, 4) is 0 Å². The van der Waals surface area contributed by atoms with E-state index in [0.717, 1.165) is 42.1 Å². The number of carbonyl (C=O) groups excluding carboxylic acids is 2. The van der Waals surface area contributed by atoms with E-state index in [1.807, 2.05) is 28.8 Å². The Bertz CT molecular complexity index is 1060. The molecular formula is C21H24N4O3S2. The van der Waals surface area contributed by atoms with Gasteiger partial charge in [-0.25, -0.2) is 4.79 Å². The van der Waals surface area contributed by atoms with Gasteiger partial charge in [-0.3, -0.25) is 9.20 Å². The second-order valence-electron chi connectivity index (χ2n) is 7.05. The zero-order chi connectivity index (χ0) is 20.9. The molecule has 3 aromatic rings. The first kappa shape index (κ1) is 20.9. The number of aromatic nitrogens is 3. The summed E-state index contributed by atoms with van der Waals surface area (Å²) in [7, 11) is 0. The molecule has 158 valence electrons. The molecule has 0 aliphatic heterocycles. The molecule has 3 heterocycles. The van der Waals surface area contributed by atoms with Crippen molar-refractivity contribution in [2.45, 2.75) is 50.6 Å². The van der Waals surface area contributed by atoms with Crippen LogP contribution in [0.25, 0.3) is 5.65 Å². The van der Waals surface area contributed by atoms with Crippen molar-refractivity contribution < 1.29 is 14.3 Å². The van der Waals surface area contributed by atoms with E-state index in [-0.39, 0.29) is 11.9 Å². The van der Waals surface area contributed by atoms with Crippen molar-refractivity contribution in [3.63, 3.8) is 0 Å². The summed E-state index contributed by atoms with van der Waals surface area (Å²) in [4.78, 5) is 26.4. The SMILES string of the molecule is CCOC(=O)c1c(NC(=O)CCSc2nnc3ccccn23)sc2c1CCCCC2. The Morgan fingerprint density at radius 3 is 2.97 bits per heavy atom. The van der Waals surface area contributed by atoms with E-state index in [9.17, 15) is 9.59 Å². The zero-order valence-electron chi connectivity index (χ0n) is 16.8. The molecule has 0 saturated heterocycles. The third-order valence-electron chi connectivity index (χ3n) is 5.00. The second kappa shape index (κ2) is 9.61. The fourth-order valence-electron chi connectivity index (χ4n) is 3.59. The maximum Gasteiger partial charge on any atom is 0.341 e. The van der Waals surface area contributed by atoms with E-state index < -0.39 is 0 Å². The molecule has 4 rings (SSSR count). The predicted molar refractivity (Wildman–Crippen MR) is 118 cm³/mol. The van der Waals surface area contributed by atoms with Crippen molar-refractivity contribution in [2.24, 2.45) is 0 Å². The highest BCUT2D eigenvalue weighted by molar-refractivity contribution is 7.99. The quantitative estimate of drug-likeness (QED) is 0.331. The molecule has 30 heavy (non-hydrogen) atoms. The van der Waals surface area contributed by atoms with Gasteiger partial charge < -0.3 is 10.1 Å². The number of aryl methyl sites for hydroxylation is 1. The van der Waals surface area contributed by atoms with Crippen molar-refractivity contribution in [1.29, 1.82) is 0 Å². The summed E-state index contributed by atoms with van der Waals surface area (Å²) in [6, 6.07) is 5.72. The van der Waals surface area contributed by atoms with Crippen molar-refractivity contribution in [3.05, 3.63) is 40.4 Å². The molecule has 0 radical (unpaired) electrons. The molecule has 0 bridgehead atoms. The van der Waals surface area contributed by atoms with Gasteiger partial charge in [-0.1, -0.05) is 24.2 Å². The standard InChI is InChI=1S/C21H24N4O3S2/c1-2-28-20(27)18-14-8-4-3-5-9-15(14)30-19(18)22-17(26)11-13-29-21-24-23-16-10-6-7-12-25(16)21/h6-7,10,12H,2-5,8-9,11,13H2,1H3,(H,22,26). The molecule has 7 nitrogen and oxygen atoms in total. The summed E-state index contributed by atoms with van der Waals surface area (Å²) >= 11 is 3.01. The highest BCUT2D eigenvalue weighted by Crippen LogP contribution is 2.38. The number of ether oxygens (including phenoxy) is 1.